The van der Waals surface area contributed by atoms with E-state index < -0.39 is 0 Å². The lowest BCUT2D eigenvalue weighted by atomic mass is 9.99. The van der Waals surface area contributed by atoms with Crippen LogP contribution in [0, 0.1) is 0 Å². The van der Waals surface area contributed by atoms with E-state index in [1.54, 1.807) is 7.11 Å². The third-order valence-electron chi connectivity index (χ3n) is 3.26. The highest BCUT2D eigenvalue weighted by atomic mass is 35.5. The summed E-state index contributed by atoms with van der Waals surface area (Å²) in [5.41, 5.74) is 5.72. The summed E-state index contributed by atoms with van der Waals surface area (Å²) in [5, 5.41) is 0. The molecular weight excluding hydrogens is 256 g/mol. The first-order chi connectivity index (χ1) is 8.22. The van der Waals surface area contributed by atoms with Crippen LogP contribution in [-0.4, -0.2) is 56.4 Å². The van der Waals surface area contributed by atoms with Crippen LogP contribution in [-0.2, 0) is 14.3 Å². The van der Waals surface area contributed by atoms with Crippen molar-refractivity contribution in [2.45, 2.75) is 38.3 Å². The molecule has 0 spiro atoms. The second kappa shape index (κ2) is 9.55. The van der Waals surface area contributed by atoms with Crippen LogP contribution in [0.4, 0.5) is 0 Å². The highest BCUT2D eigenvalue weighted by molar-refractivity contribution is 5.85. The molecule has 1 rings (SSSR count). The van der Waals surface area contributed by atoms with Crippen molar-refractivity contribution in [2.75, 3.05) is 33.4 Å². The molecule has 0 aliphatic carbocycles. The molecule has 1 heterocycles. The number of halogens is 1. The molecule has 0 aromatic rings. The molecular formula is C12H25ClN2O3. The van der Waals surface area contributed by atoms with Crippen molar-refractivity contribution >= 4 is 18.3 Å². The zero-order valence-corrected chi connectivity index (χ0v) is 12.1. The molecule has 2 unspecified atom stereocenters. The summed E-state index contributed by atoms with van der Waals surface area (Å²) in [5.74, 6) is 0.142. The predicted octanol–water partition coefficient (Wildman–Crippen LogP) is 0.800. The van der Waals surface area contributed by atoms with E-state index in [1.807, 2.05) is 11.8 Å². The van der Waals surface area contributed by atoms with E-state index in [9.17, 15) is 4.79 Å². The summed E-state index contributed by atoms with van der Waals surface area (Å²) in [6.07, 6.45) is 2.42. The first kappa shape index (κ1) is 17.6. The molecule has 6 heteroatoms. The number of amides is 1. The van der Waals surface area contributed by atoms with Gasteiger partial charge < -0.3 is 20.1 Å². The van der Waals surface area contributed by atoms with Gasteiger partial charge in [-0.2, -0.15) is 0 Å². The molecule has 1 aliphatic rings. The fourth-order valence-electron chi connectivity index (χ4n) is 2.23. The number of hydrogen-bond donors (Lipinski definition) is 1. The van der Waals surface area contributed by atoms with Gasteiger partial charge in [0.1, 0.15) is 0 Å². The second-order valence-corrected chi connectivity index (χ2v) is 4.31. The molecule has 0 aromatic heterocycles. The number of rotatable bonds is 6. The Hall–Kier alpha value is -0.360. The Morgan fingerprint density at radius 1 is 1.50 bits per heavy atom. The number of carbonyl (C=O) groups is 1. The van der Waals surface area contributed by atoms with Crippen LogP contribution in [0.15, 0.2) is 0 Å². The molecule has 1 aliphatic heterocycles. The summed E-state index contributed by atoms with van der Waals surface area (Å²) in [7, 11) is 1.71. The second-order valence-electron chi connectivity index (χ2n) is 4.31. The minimum atomic E-state index is 0. The van der Waals surface area contributed by atoms with Gasteiger partial charge in [0, 0.05) is 32.8 Å². The van der Waals surface area contributed by atoms with E-state index in [1.165, 1.54) is 0 Å². The van der Waals surface area contributed by atoms with E-state index in [-0.39, 0.29) is 30.5 Å². The molecule has 1 saturated heterocycles. The first-order valence-electron chi connectivity index (χ1n) is 6.33. The third kappa shape index (κ3) is 5.10. The lowest BCUT2D eigenvalue weighted by Gasteiger charge is -2.38. The highest BCUT2D eigenvalue weighted by Gasteiger charge is 2.30. The number of likely N-dealkylation sites (tertiary alicyclic amines) is 1. The van der Waals surface area contributed by atoms with Crippen LogP contribution in [0.25, 0.3) is 0 Å². The number of nitrogens with two attached hydrogens (primary N) is 1. The van der Waals surface area contributed by atoms with Crippen LogP contribution < -0.4 is 5.73 Å². The largest absolute Gasteiger partial charge is 0.381 e. The summed E-state index contributed by atoms with van der Waals surface area (Å²) in [4.78, 5) is 13.9. The van der Waals surface area contributed by atoms with Crippen molar-refractivity contribution < 1.29 is 14.3 Å². The molecule has 0 aromatic carbocycles. The van der Waals surface area contributed by atoms with Gasteiger partial charge in [-0.05, 0) is 19.8 Å². The minimum absolute atomic E-state index is 0. The van der Waals surface area contributed by atoms with Crippen molar-refractivity contribution in [1.29, 1.82) is 0 Å². The van der Waals surface area contributed by atoms with Crippen molar-refractivity contribution in [2.24, 2.45) is 5.73 Å². The van der Waals surface area contributed by atoms with Crippen molar-refractivity contribution in [3.8, 4) is 0 Å². The molecule has 18 heavy (non-hydrogen) atoms. The quantitative estimate of drug-likeness (QED) is 0.731. The topological polar surface area (TPSA) is 64.8 Å². The van der Waals surface area contributed by atoms with Crippen molar-refractivity contribution in [3.05, 3.63) is 0 Å². The lowest BCUT2D eigenvalue weighted by molar-refractivity contribution is -0.137. The van der Waals surface area contributed by atoms with Gasteiger partial charge in [-0.1, -0.05) is 0 Å². The van der Waals surface area contributed by atoms with E-state index in [4.69, 9.17) is 15.2 Å². The average molecular weight is 281 g/mol. The maximum absolute atomic E-state index is 12.0. The maximum Gasteiger partial charge on any atom is 0.225 e. The zero-order chi connectivity index (χ0) is 12.7. The van der Waals surface area contributed by atoms with Crippen LogP contribution in [0.1, 0.15) is 26.2 Å². The SMILES string of the molecule is CCOCCC(=O)N1CCC(OC)CC1CN.Cl. The standard InChI is InChI=1S/C12H24N2O3.ClH/c1-3-17-7-5-12(15)14-6-4-11(16-2)8-10(14)9-13;/h10-11H,3-9,13H2,1-2H3;1H. The van der Waals surface area contributed by atoms with E-state index in [0.717, 1.165) is 19.4 Å². The van der Waals surface area contributed by atoms with E-state index in [2.05, 4.69) is 0 Å². The highest BCUT2D eigenvalue weighted by Crippen LogP contribution is 2.19. The lowest BCUT2D eigenvalue weighted by Crippen LogP contribution is -2.51. The molecule has 0 radical (unpaired) electrons. The Bertz CT molecular complexity index is 241. The Labute approximate surface area is 115 Å². The molecule has 0 saturated carbocycles. The Morgan fingerprint density at radius 3 is 2.78 bits per heavy atom. The van der Waals surface area contributed by atoms with Crippen molar-refractivity contribution in [1.82, 2.24) is 4.90 Å². The van der Waals surface area contributed by atoms with Gasteiger partial charge in [0.25, 0.3) is 0 Å². The number of methoxy groups -OCH3 is 1. The number of carbonyl (C=O) groups excluding carboxylic acids is 1. The molecule has 2 N–H and O–H groups in total. The van der Waals surface area contributed by atoms with Crippen LogP contribution >= 0.6 is 12.4 Å². The molecule has 5 nitrogen and oxygen atoms in total. The number of nitrogens with zero attached hydrogens (tertiary/aromatic N) is 1. The number of piperidine rings is 1. The zero-order valence-electron chi connectivity index (χ0n) is 11.3. The van der Waals surface area contributed by atoms with Crippen LogP contribution in [0.3, 0.4) is 0 Å². The smallest absolute Gasteiger partial charge is 0.225 e. The van der Waals surface area contributed by atoms with Gasteiger partial charge in [0.2, 0.25) is 5.91 Å². The Balaban J connectivity index is 0.00000289. The Kier molecular flexibility index (Phi) is 9.36. The maximum atomic E-state index is 12.0. The van der Waals surface area contributed by atoms with Crippen LogP contribution in [0.2, 0.25) is 0 Å². The van der Waals surface area contributed by atoms with Gasteiger partial charge >= 0.3 is 0 Å². The third-order valence-corrected chi connectivity index (χ3v) is 3.26. The summed E-state index contributed by atoms with van der Waals surface area (Å²) in [6, 6.07) is 0.114. The van der Waals surface area contributed by atoms with E-state index >= 15 is 0 Å². The number of hydrogen-bond acceptors (Lipinski definition) is 4. The fourth-order valence-corrected chi connectivity index (χ4v) is 2.23. The number of ether oxygens (including phenoxy) is 2. The monoisotopic (exact) mass is 280 g/mol. The average Bonchev–Trinajstić information content (AvgIpc) is 2.38. The molecule has 0 bridgehead atoms. The molecule has 1 fully saturated rings. The molecule has 1 amide bonds. The van der Waals surface area contributed by atoms with Crippen LogP contribution in [0.5, 0.6) is 0 Å². The summed E-state index contributed by atoms with van der Waals surface area (Å²) in [6.45, 7) is 4.32. The van der Waals surface area contributed by atoms with Gasteiger partial charge in [-0.25, -0.2) is 0 Å². The van der Waals surface area contributed by atoms with Gasteiger partial charge in [0.15, 0.2) is 0 Å². The Morgan fingerprint density at radius 2 is 2.22 bits per heavy atom. The summed E-state index contributed by atoms with van der Waals surface area (Å²) < 4.78 is 10.5. The van der Waals surface area contributed by atoms with Crippen molar-refractivity contribution in [3.63, 3.8) is 0 Å². The predicted molar refractivity (Wildman–Crippen MR) is 72.9 cm³/mol. The first-order valence-corrected chi connectivity index (χ1v) is 6.33. The van der Waals surface area contributed by atoms with Gasteiger partial charge in [-0.15, -0.1) is 12.4 Å². The molecule has 2 atom stereocenters. The minimum Gasteiger partial charge on any atom is -0.381 e. The molecule has 108 valence electrons. The fraction of sp³-hybridized carbons (Fsp3) is 0.917. The van der Waals surface area contributed by atoms with Gasteiger partial charge in [-0.3, -0.25) is 4.79 Å². The van der Waals surface area contributed by atoms with Gasteiger partial charge in [0.05, 0.1) is 19.1 Å². The summed E-state index contributed by atoms with van der Waals surface area (Å²) >= 11 is 0. The van der Waals surface area contributed by atoms with E-state index in [0.29, 0.717) is 26.2 Å². The normalized spacial score (nSPS) is 23.6.